The minimum Gasteiger partial charge on any atom is -0.465 e. The summed E-state index contributed by atoms with van der Waals surface area (Å²) in [5, 5.41) is 32.6. The molecule has 47 heavy (non-hydrogen) atoms. The van der Waals surface area contributed by atoms with Crippen LogP contribution in [0.5, 0.6) is 0 Å². The molecule has 3 aliphatic rings. The maximum absolute atomic E-state index is 17.0. The molecule has 7 rings (SSSR count). The molecule has 2 fully saturated rings. The van der Waals surface area contributed by atoms with Gasteiger partial charge in [-0.1, -0.05) is 6.07 Å². The number of fused-ring (bicyclic) bond motifs is 6. The summed E-state index contributed by atoms with van der Waals surface area (Å²) in [6, 6.07) is 6.31. The Labute approximate surface area is 270 Å². The van der Waals surface area contributed by atoms with Crippen LogP contribution in [0.15, 0.2) is 18.5 Å². The second kappa shape index (κ2) is 11.0. The van der Waals surface area contributed by atoms with E-state index in [4.69, 9.17) is 9.47 Å². The summed E-state index contributed by atoms with van der Waals surface area (Å²) in [5.41, 5.74) is 0.224. The number of likely N-dealkylation sites (tertiary alicyclic amines) is 1. The highest BCUT2D eigenvalue weighted by atomic mass is 32.1. The number of nitrogens with one attached hydrogen (secondary N) is 1. The van der Waals surface area contributed by atoms with Gasteiger partial charge in [-0.25, -0.2) is 28.3 Å². The number of hydrogen-bond donors (Lipinski definition) is 2. The molecule has 2 aromatic carbocycles. The Hall–Kier alpha value is -5.12. The first kappa shape index (κ1) is 30.5. The van der Waals surface area contributed by atoms with Crippen molar-refractivity contribution < 1.29 is 33.0 Å². The number of amides is 2. The van der Waals surface area contributed by atoms with Gasteiger partial charge in [-0.2, -0.15) is 10.5 Å². The van der Waals surface area contributed by atoms with Crippen LogP contribution in [0.3, 0.4) is 0 Å². The summed E-state index contributed by atoms with van der Waals surface area (Å²) in [4.78, 5) is 36.6. The number of halogens is 2. The molecule has 0 aliphatic carbocycles. The molecule has 0 spiro atoms. The Morgan fingerprint density at radius 1 is 1.19 bits per heavy atom. The number of carbonyl (C=O) groups is 2. The number of hydrogen-bond acceptors (Lipinski definition) is 10. The highest BCUT2D eigenvalue weighted by Gasteiger charge is 2.47. The fraction of sp³-hybridized carbons (Fsp3) is 0.375. The molecule has 2 N–H and O–H groups in total. The molecule has 0 radical (unpaired) electrons. The van der Waals surface area contributed by atoms with Crippen LogP contribution in [0.4, 0.5) is 29.2 Å². The van der Waals surface area contributed by atoms with Crippen molar-refractivity contribution in [3.8, 4) is 23.3 Å². The van der Waals surface area contributed by atoms with Crippen molar-refractivity contribution in [2.24, 2.45) is 0 Å². The average Bonchev–Trinajstić information content (AvgIpc) is 3.80. The number of thiophene rings is 1. The van der Waals surface area contributed by atoms with Crippen molar-refractivity contribution >= 4 is 55.3 Å². The van der Waals surface area contributed by atoms with Crippen LogP contribution >= 0.6 is 11.3 Å². The minimum atomic E-state index is -0.996. The molecule has 240 valence electrons. The van der Waals surface area contributed by atoms with E-state index in [0.29, 0.717) is 35.3 Å². The minimum absolute atomic E-state index is 0.0327. The summed E-state index contributed by atoms with van der Waals surface area (Å²) >= 11 is 0.834. The third kappa shape index (κ3) is 4.85. The molecular formula is C32H27F2N7O5S. The maximum atomic E-state index is 17.0. The summed E-state index contributed by atoms with van der Waals surface area (Å²) in [6.45, 7) is 5.59. The van der Waals surface area contributed by atoms with Crippen LogP contribution in [0.2, 0.25) is 0 Å². The third-order valence-corrected chi connectivity index (χ3v) is 9.84. The first-order valence-corrected chi connectivity index (χ1v) is 15.6. The number of carboxylic acid groups (broad SMARTS) is 1. The van der Waals surface area contributed by atoms with E-state index in [0.717, 1.165) is 11.3 Å². The molecule has 3 atom stereocenters. The fourth-order valence-corrected chi connectivity index (χ4v) is 8.04. The van der Waals surface area contributed by atoms with Crippen LogP contribution in [-0.4, -0.2) is 62.9 Å². The van der Waals surface area contributed by atoms with E-state index in [2.05, 4.69) is 21.4 Å². The molecule has 1 unspecified atom stereocenters. The van der Waals surface area contributed by atoms with Crippen LogP contribution in [-0.2, 0) is 16.1 Å². The summed E-state index contributed by atoms with van der Waals surface area (Å²) < 4.78 is 43.8. The lowest BCUT2D eigenvalue weighted by atomic mass is 9.88. The van der Waals surface area contributed by atoms with Crippen molar-refractivity contribution in [2.75, 3.05) is 23.3 Å². The number of ether oxygens (including phenoxy) is 2. The molecule has 2 aromatic heterocycles. The van der Waals surface area contributed by atoms with Gasteiger partial charge in [-0.15, -0.1) is 11.3 Å². The van der Waals surface area contributed by atoms with Crippen molar-refractivity contribution in [1.29, 1.82) is 10.5 Å². The zero-order valence-corrected chi connectivity index (χ0v) is 26.2. The lowest BCUT2D eigenvalue weighted by molar-refractivity contribution is 0.0636. The fourth-order valence-electron chi connectivity index (χ4n) is 6.97. The molecule has 2 bridgehead atoms. The van der Waals surface area contributed by atoms with E-state index in [9.17, 15) is 25.2 Å². The summed E-state index contributed by atoms with van der Waals surface area (Å²) in [6.07, 6.45) is -0.800. The van der Waals surface area contributed by atoms with E-state index in [1.54, 1.807) is 20.8 Å². The molecule has 0 saturated carbocycles. The summed E-state index contributed by atoms with van der Waals surface area (Å²) in [5.74, 6) is -0.989. The molecule has 12 nitrogen and oxygen atoms in total. The number of nitrogens with zero attached hydrogens (tertiary/aromatic N) is 6. The number of benzene rings is 2. The van der Waals surface area contributed by atoms with Crippen molar-refractivity contribution in [1.82, 2.24) is 14.9 Å². The van der Waals surface area contributed by atoms with E-state index >= 15 is 8.78 Å². The van der Waals surface area contributed by atoms with Crippen LogP contribution in [0, 0.1) is 34.3 Å². The number of anilines is 2. The van der Waals surface area contributed by atoms with E-state index in [1.807, 2.05) is 11.0 Å². The van der Waals surface area contributed by atoms with Gasteiger partial charge in [0.05, 0.1) is 52.9 Å². The molecule has 4 aromatic rings. The van der Waals surface area contributed by atoms with Crippen molar-refractivity contribution in [3.05, 3.63) is 46.8 Å². The third-order valence-electron chi connectivity index (χ3n) is 8.72. The zero-order valence-electron chi connectivity index (χ0n) is 25.4. The second-order valence-corrected chi connectivity index (χ2v) is 13.7. The number of carbonyl (C=O) groups excluding carboxylic acids is 1. The highest BCUT2D eigenvalue weighted by molar-refractivity contribution is 7.23. The summed E-state index contributed by atoms with van der Waals surface area (Å²) in [7, 11) is 0. The Balaban J connectivity index is 1.44. The number of aromatic nitrogens is 2. The predicted molar refractivity (Wildman–Crippen MR) is 167 cm³/mol. The first-order chi connectivity index (χ1) is 22.4. The Bertz CT molecular complexity index is 2100. The lowest BCUT2D eigenvalue weighted by Gasteiger charge is -2.34. The van der Waals surface area contributed by atoms with Gasteiger partial charge >= 0.3 is 12.2 Å². The molecule has 5 heterocycles. The van der Waals surface area contributed by atoms with Crippen LogP contribution in [0.1, 0.15) is 56.4 Å². The van der Waals surface area contributed by atoms with Crippen LogP contribution < -0.4 is 10.2 Å². The number of nitriles is 2. The molecule has 2 amide bonds. The molecule has 2 saturated heterocycles. The van der Waals surface area contributed by atoms with E-state index in [1.165, 1.54) is 23.4 Å². The van der Waals surface area contributed by atoms with Gasteiger partial charge in [0, 0.05) is 29.6 Å². The van der Waals surface area contributed by atoms with Gasteiger partial charge in [-0.3, -0.25) is 5.32 Å². The molecule has 15 heteroatoms. The monoisotopic (exact) mass is 659 g/mol. The topological polar surface area (TPSA) is 165 Å². The maximum Gasteiger partial charge on any atom is 0.412 e. The standard InChI is InChI=1S/C32H27F2N7O5S/c1-32(2,3)46-30(42)39-29-17(9-36)22-16(4-5-19(33)27(22)47-29)21-18-12-45-20(6-7-35)23(18)24-26(25(21)34)37-13-38-28(24)40-10-15-8-14(40)11-41(15)31(43)44/h4-5,13-15,20H,6,8,10-12H2,1-3H3,(H,39,42)(H,43,44)/t14-,15-,20?/m1/s1. The number of piperazine rings is 1. The number of rotatable bonds is 4. The van der Waals surface area contributed by atoms with Crippen LogP contribution in [0.25, 0.3) is 32.1 Å². The first-order valence-electron chi connectivity index (χ1n) is 14.8. The van der Waals surface area contributed by atoms with Gasteiger partial charge in [0.1, 0.15) is 40.2 Å². The van der Waals surface area contributed by atoms with Gasteiger partial charge in [0.2, 0.25) is 0 Å². The van der Waals surface area contributed by atoms with Gasteiger partial charge in [0.25, 0.3) is 0 Å². The zero-order chi connectivity index (χ0) is 33.4. The predicted octanol–water partition coefficient (Wildman–Crippen LogP) is 6.43. The smallest absolute Gasteiger partial charge is 0.412 e. The van der Waals surface area contributed by atoms with E-state index in [-0.39, 0.29) is 69.0 Å². The lowest BCUT2D eigenvalue weighted by Crippen LogP contribution is -2.48. The highest BCUT2D eigenvalue weighted by Crippen LogP contribution is 2.51. The Morgan fingerprint density at radius 2 is 1.98 bits per heavy atom. The quantitative estimate of drug-likeness (QED) is 0.249. The Kier molecular flexibility index (Phi) is 7.15. The van der Waals surface area contributed by atoms with Crippen molar-refractivity contribution in [3.63, 3.8) is 0 Å². The molecular weight excluding hydrogens is 632 g/mol. The molecule has 3 aliphatic heterocycles. The Morgan fingerprint density at radius 3 is 2.64 bits per heavy atom. The SMILES string of the molecule is CC(C)(C)OC(=O)Nc1sc2c(F)ccc(-c3c4c(c5c(N6C[C@H]7C[C@@H]6CN7C(=O)O)ncnc5c3F)C(CC#N)OC4)c2c1C#N. The van der Waals surface area contributed by atoms with Gasteiger partial charge in [-0.05, 0) is 44.4 Å². The normalized spacial score (nSPS) is 20.0. The van der Waals surface area contributed by atoms with Gasteiger partial charge < -0.3 is 24.4 Å². The second-order valence-electron chi connectivity index (χ2n) is 12.6. The van der Waals surface area contributed by atoms with Gasteiger partial charge in [0.15, 0.2) is 5.82 Å². The van der Waals surface area contributed by atoms with E-state index < -0.39 is 35.5 Å². The van der Waals surface area contributed by atoms with Crippen molar-refractivity contribution in [2.45, 2.75) is 64.0 Å². The average molecular weight is 660 g/mol. The largest absolute Gasteiger partial charge is 0.465 e.